The molecule has 4 atom stereocenters. The van der Waals surface area contributed by atoms with Crippen molar-refractivity contribution in [2.24, 2.45) is 5.92 Å². The van der Waals surface area contributed by atoms with Crippen molar-refractivity contribution in [3.05, 3.63) is 17.0 Å². The van der Waals surface area contributed by atoms with E-state index >= 15 is 0 Å². The number of fused-ring (bicyclic) bond motifs is 1. The first kappa shape index (κ1) is 15.5. The zero-order valence-corrected chi connectivity index (χ0v) is 13.8. The molecule has 6 nitrogen and oxygen atoms in total. The summed E-state index contributed by atoms with van der Waals surface area (Å²) in [5, 5.41) is 10.5. The fraction of sp³-hybridized carbons (Fsp3) is 0.750. The number of carbonyl (C=O) groups is 1. The predicted molar refractivity (Wildman–Crippen MR) is 83.6 cm³/mol. The molecule has 122 valence electrons. The van der Waals surface area contributed by atoms with Crippen LogP contribution in [0.1, 0.15) is 29.8 Å². The van der Waals surface area contributed by atoms with Crippen molar-refractivity contribution in [3.63, 3.8) is 0 Å². The number of aromatic nitrogens is 2. The van der Waals surface area contributed by atoms with E-state index in [-0.39, 0.29) is 18.1 Å². The van der Waals surface area contributed by atoms with Gasteiger partial charge in [-0.1, -0.05) is 0 Å². The summed E-state index contributed by atoms with van der Waals surface area (Å²) in [7, 11) is 4.11. The van der Waals surface area contributed by atoms with Crippen molar-refractivity contribution >= 4 is 5.91 Å². The van der Waals surface area contributed by atoms with Crippen LogP contribution in [0.5, 0.6) is 0 Å². The van der Waals surface area contributed by atoms with Crippen molar-refractivity contribution in [2.45, 2.75) is 51.3 Å². The van der Waals surface area contributed by atoms with Crippen molar-refractivity contribution in [2.75, 3.05) is 20.7 Å². The van der Waals surface area contributed by atoms with Gasteiger partial charge in [0.15, 0.2) is 0 Å². The number of H-pyrrole nitrogens is 1. The van der Waals surface area contributed by atoms with E-state index in [1.807, 2.05) is 13.8 Å². The van der Waals surface area contributed by atoms with Gasteiger partial charge in [0.1, 0.15) is 0 Å². The van der Waals surface area contributed by atoms with E-state index in [1.165, 1.54) is 0 Å². The summed E-state index contributed by atoms with van der Waals surface area (Å²) >= 11 is 0. The van der Waals surface area contributed by atoms with Crippen LogP contribution in [-0.4, -0.2) is 59.9 Å². The van der Waals surface area contributed by atoms with E-state index in [0.29, 0.717) is 24.8 Å². The second-order valence-corrected chi connectivity index (χ2v) is 6.76. The number of ether oxygens (including phenoxy) is 1. The third-order valence-corrected chi connectivity index (χ3v) is 5.22. The SMILES string of the molecule is Cc1[nH]nc(CCC(=O)N[C@H]2[C@H]3CCO[C@H]3[C@@H]2N(C)C)c1C. The van der Waals surface area contributed by atoms with Crippen LogP contribution < -0.4 is 5.32 Å². The number of amides is 1. The standard InChI is InChI=1S/C16H26N4O2/c1-9-10(2)18-19-12(9)5-6-13(21)17-14-11-7-8-22-16(11)15(14)20(3)4/h11,14-16H,5-8H2,1-4H3,(H,17,21)(H,18,19)/t11-,14+,15-,16-/m1/s1. The molecule has 2 heterocycles. The zero-order valence-electron chi connectivity index (χ0n) is 13.8. The van der Waals surface area contributed by atoms with Gasteiger partial charge in [0.2, 0.25) is 5.91 Å². The Morgan fingerprint density at radius 2 is 2.23 bits per heavy atom. The number of carbonyl (C=O) groups excluding carboxylic acids is 1. The van der Waals surface area contributed by atoms with Gasteiger partial charge in [-0.25, -0.2) is 0 Å². The van der Waals surface area contributed by atoms with E-state index in [4.69, 9.17) is 4.74 Å². The molecule has 2 aliphatic rings. The van der Waals surface area contributed by atoms with Gasteiger partial charge in [0.05, 0.1) is 23.9 Å². The Bertz CT molecular complexity index is 554. The monoisotopic (exact) mass is 306 g/mol. The lowest BCUT2D eigenvalue weighted by molar-refractivity contribution is -0.128. The number of hydrogen-bond acceptors (Lipinski definition) is 4. The molecule has 1 amide bonds. The second kappa shape index (κ2) is 6.01. The summed E-state index contributed by atoms with van der Waals surface area (Å²) in [5.41, 5.74) is 3.23. The van der Waals surface area contributed by atoms with Crippen LogP contribution >= 0.6 is 0 Å². The number of likely N-dealkylation sites (N-methyl/N-ethyl adjacent to an activating group) is 1. The fourth-order valence-corrected chi connectivity index (χ4v) is 3.75. The smallest absolute Gasteiger partial charge is 0.220 e. The average molecular weight is 306 g/mol. The lowest BCUT2D eigenvalue weighted by Crippen LogP contribution is -2.69. The van der Waals surface area contributed by atoms with Gasteiger partial charge in [-0.3, -0.25) is 9.89 Å². The van der Waals surface area contributed by atoms with E-state index < -0.39 is 0 Å². The molecule has 3 rings (SSSR count). The summed E-state index contributed by atoms with van der Waals surface area (Å²) < 4.78 is 5.78. The molecule has 0 radical (unpaired) electrons. The Kier molecular flexibility index (Phi) is 4.23. The maximum atomic E-state index is 12.3. The van der Waals surface area contributed by atoms with Gasteiger partial charge in [-0.15, -0.1) is 0 Å². The van der Waals surface area contributed by atoms with Crippen LogP contribution in [0, 0.1) is 19.8 Å². The number of nitrogens with zero attached hydrogens (tertiary/aromatic N) is 2. The summed E-state index contributed by atoms with van der Waals surface area (Å²) in [6.07, 6.45) is 2.51. The minimum Gasteiger partial charge on any atom is -0.376 e. The first-order valence-corrected chi connectivity index (χ1v) is 8.07. The highest BCUT2D eigenvalue weighted by Crippen LogP contribution is 2.41. The van der Waals surface area contributed by atoms with Gasteiger partial charge in [0.25, 0.3) is 0 Å². The Morgan fingerprint density at radius 3 is 2.86 bits per heavy atom. The summed E-state index contributed by atoms with van der Waals surface area (Å²) in [5.74, 6) is 0.591. The molecular formula is C16H26N4O2. The molecule has 1 aromatic rings. The molecule has 0 bridgehead atoms. The largest absolute Gasteiger partial charge is 0.376 e. The van der Waals surface area contributed by atoms with Crippen molar-refractivity contribution in [1.82, 2.24) is 20.4 Å². The molecule has 1 aliphatic heterocycles. The number of aromatic amines is 1. The van der Waals surface area contributed by atoms with Crippen LogP contribution in [0.4, 0.5) is 0 Å². The van der Waals surface area contributed by atoms with Crippen LogP contribution in [0.25, 0.3) is 0 Å². The molecular weight excluding hydrogens is 280 g/mol. The van der Waals surface area contributed by atoms with Gasteiger partial charge >= 0.3 is 0 Å². The summed E-state index contributed by atoms with van der Waals surface area (Å²) in [6.45, 7) is 4.86. The third kappa shape index (κ3) is 2.65. The van der Waals surface area contributed by atoms with E-state index in [9.17, 15) is 4.79 Å². The number of hydrogen-bond donors (Lipinski definition) is 2. The molecule has 6 heteroatoms. The molecule has 1 saturated heterocycles. The third-order valence-electron chi connectivity index (χ3n) is 5.22. The van der Waals surface area contributed by atoms with Crippen molar-refractivity contribution in [3.8, 4) is 0 Å². The quantitative estimate of drug-likeness (QED) is 0.844. The first-order valence-electron chi connectivity index (χ1n) is 8.07. The summed E-state index contributed by atoms with van der Waals surface area (Å²) in [6, 6.07) is 0.517. The number of aryl methyl sites for hydroxylation is 2. The molecule has 2 N–H and O–H groups in total. The molecule has 22 heavy (non-hydrogen) atoms. The van der Waals surface area contributed by atoms with E-state index in [2.05, 4.69) is 34.5 Å². The minimum atomic E-state index is 0.113. The number of nitrogens with one attached hydrogen (secondary N) is 2. The Labute approximate surface area is 131 Å². The fourth-order valence-electron chi connectivity index (χ4n) is 3.75. The molecule has 0 aromatic carbocycles. The predicted octanol–water partition coefficient (Wildman–Crippen LogP) is 0.793. The number of rotatable bonds is 5. The normalized spacial score (nSPS) is 30.2. The van der Waals surface area contributed by atoms with E-state index in [1.54, 1.807) is 0 Å². The lowest BCUT2D eigenvalue weighted by atomic mass is 9.71. The molecule has 1 aromatic heterocycles. The van der Waals surface area contributed by atoms with E-state index in [0.717, 1.165) is 30.0 Å². The maximum absolute atomic E-state index is 12.3. The molecule has 0 unspecified atom stereocenters. The Morgan fingerprint density at radius 1 is 1.45 bits per heavy atom. The highest BCUT2D eigenvalue weighted by atomic mass is 16.5. The van der Waals surface area contributed by atoms with Crippen LogP contribution in [0.3, 0.4) is 0 Å². The zero-order chi connectivity index (χ0) is 15.9. The first-order chi connectivity index (χ1) is 10.5. The Hall–Kier alpha value is -1.40. The van der Waals surface area contributed by atoms with Crippen LogP contribution in [0.2, 0.25) is 0 Å². The topological polar surface area (TPSA) is 70.2 Å². The maximum Gasteiger partial charge on any atom is 0.220 e. The molecule has 1 saturated carbocycles. The highest BCUT2D eigenvalue weighted by molar-refractivity contribution is 5.76. The van der Waals surface area contributed by atoms with Crippen LogP contribution in [0.15, 0.2) is 0 Å². The van der Waals surface area contributed by atoms with Gasteiger partial charge in [0, 0.05) is 31.1 Å². The van der Waals surface area contributed by atoms with Crippen molar-refractivity contribution < 1.29 is 9.53 Å². The highest BCUT2D eigenvalue weighted by Gasteiger charge is 2.55. The molecule has 1 aliphatic carbocycles. The van der Waals surface area contributed by atoms with Crippen LogP contribution in [-0.2, 0) is 16.0 Å². The second-order valence-electron chi connectivity index (χ2n) is 6.76. The molecule has 2 fully saturated rings. The lowest BCUT2D eigenvalue weighted by Gasteiger charge is -2.50. The Balaban J connectivity index is 1.54. The minimum absolute atomic E-state index is 0.113. The summed E-state index contributed by atoms with van der Waals surface area (Å²) in [4.78, 5) is 14.5. The van der Waals surface area contributed by atoms with Gasteiger partial charge < -0.3 is 15.0 Å². The molecule has 0 spiro atoms. The van der Waals surface area contributed by atoms with Gasteiger partial charge in [-0.05, 0) is 39.9 Å². The average Bonchev–Trinajstić information content (AvgIpc) is 3.00. The van der Waals surface area contributed by atoms with Crippen molar-refractivity contribution in [1.29, 1.82) is 0 Å². The van der Waals surface area contributed by atoms with Gasteiger partial charge in [-0.2, -0.15) is 5.10 Å².